The number of para-hydroxylation sites is 2. The van der Waals surface area contributed by atoms with Crippen molar-refractivity contribution in [2.45, 2.75) is 99.1 Å². The third kappa shape index (κ3) is 4.47. The van der Waals surface area contributed by atoms with Crippen molar-refractivity contribution in [3.63, 3.8) is 0 Å². The molecule has 0 saturated heterocycles. The molecule has 0 aromatic heterocycles. The first-order valence-corrected chi connectivity index (χ1v) is 12.6. The van der Waals surface area contributed by atoms with E-state index in [0.717, 1.165) is 0 Å². The Labute approximate surface area is 197 Å². The zero-order valence-corrected chi connectivity index (χ0v) is 22.0. The van der Waals surface area contributed by atoms with Crippen molar-refractivity contribution in [3.8, 4) is 0 Å². The molecule has 0 unspecified atom stereocenters. The van der Waals surface area contributed by atoms with Crippen LogP contribution in [0.1, 0.15) is 115 Å². The van der Waals surface area contributed by atoms with Crippen LogP contribution in [-0.4, -0.2) is 6.17 Å². The summed E-state index contributed by atoms with van der Waals surface area (Å²) < 4.78 is 0. The van der Waals surface area contributed by atoms with Crippen LogP contribution in [0, 0.1) is 5.92 Å². The highest BCUT2D eigenvalue weighted by Gasteiger charge is 2.36. The Hall–Kier alpha value is -2.22. The molecule has 0 atom stereocenters. The van der Waals surface area contributed by atoms with Crippen LogP contribution in [0.15, 0.2) is 48.8 Å². The summed E-state index contributed by atoms with van der Waals surface area (Å²) in [6.07, 6.45) is 4.92. The van der Waals surface area contributed by atoms with Crippen molar-refractivity contribution in [3.05, 3.63) is 71.1 Å². The Balaban J connectivity index is 2.22. The van der Waals surface area contributed by atoms with E-state index in [0.29, 0.717) is 29.6 Å². The van der Waals surface area contributed by atoms with Gasteiger partial charge in [0.05, 0.1) is 0 Å². The molecule has 1 heterocycles. The van der Waals surface area contributed by atoms with E-state index in [-0.39, 0.29) is 6.17 Å². The lowest BCUT2D eigenvalue weighted by molar-refractivity contribution is 0.496. The predicted octanol–water partition coefficient (Wildman–Crippen LogP) is 8.96. The van der Waals surface area contributed by atoms with E-state index in [4.69, 9.17) is 0 Å². The van der Waals surface area contributed by atoms with Crippen molar-refractivity contribution < 1.29 is 0 Å². The van der Waals surface area contributed by atoms with Gasteiger partial charge < -0.3 is 9.80 Å². The number of hydrogen-bond donors (Lipinski definition) is 0. The predicted molar refractivity (Wildman–Crippen MR) is 142 cm³/mol. The largest absolute Gasteiger partial charge is 0.324 e. The van der Waals surface area contributed by atoms with Crippen LogP contribution in [0.5, 0.6) is 0 Å². The van der Waals surface area contributed by atoms with Gasteiger partial charge in [-0.2, -0.15) is 0 Å². The quantitative estimate of drug-likeness (QED) is 0.431. The molecule has 2 heteroatoms. The first-order valence-electron chi connectivity index (χ1n) is 12.6. The Kier molecular flexibility index (Phi) is 7.43. The van der Waals surface area contributed by atoms with Gasteiger partial charge in [-0.15, -0.1) is 0 Å². The molecule has 2 aromatic carbocycles. The molecular formula is C30H44N2. The summed E-state index contributed by atoms with van der Waals surface area (Å²) in [5.41, 5.74) is 8.57. The number of benzene rings is 2. The topological polar surface area (TPSA) is 6.48 Å². The number of hydrogen-bond acceptors (Lipinski definition) is 2. The standard InChI is InChI=1S/C30H44N2/c1-19(2)24-13-11-14-25(20(3)4)28(24)31-17-18-32(30(31)23(9)10)29-26(21(5)6)15-12-16-27(29)22(7)8/h11-23,30H,1-10H3. The summed E-state index contributed by atoms with van der Waals surface area (Å²) in [6, 6.07) is 13.8. The van der Waals surface area contributed by atoms with Gasteiger partial charge in [-0.05, 0) is 51.8 Å². The maximum Gasteiger partial charge on any atom is 0.112 e. The molecule has 174 valence electrons. The van der Waals surface area contributed by atoms with Gasteiger partial charge in [-0.1, -0.05) is 106 Å². The molecule has 32 heavy (non-hydrogen) atoms. The highest BCUT2D eigenvalue weighted by molar-refractivity contribution is 5.72. The molecule has 2 nitrogen and oxygen atoms in total. The second-order valence-electron chi connectivity index (χ2n) is 11.0. The zero-order chi connectivity index (χ0) is 23.7. The van der Waals surface area contributed by atoms with Crippen molar-refractivity contribution in [1.29, 1.82) is 0 Å². The zero-order valence-electron chi connectivity index (χ0n) is 22.0. The molecule has 1 aliphatic rings. The minimum absolute atomic E-state index is 0.254. The summed E-state index contributed by atoms with van der Waals surface area (Å²) in [6.45, 7) is 23.2. The van der Waals surface area contributed by atoms with E-state index in [1.54, 1.807) is 0 Å². The van der Waals surface area contributed by atoms with Gasteiger partial charge in [0.25, 0.3) is 0 Å². The van der Waals surface area contributed by atoms with Crippen LogP contribution in [0.25, 0.3) is 0 Å². The number of rotatable bonds is 7. The first-order chi connectivity index (χ1) is 15.1. The fraction of sp³-hybridized carbons (Fsp3) is 0.533. The smallest absolute Gasteiger partial charge is 0.112 e. The van der Waals surface area contributed by atoms with E-state index in [2.05, 4.69) is 128 Å². The summed E-state index contributed by atoms with van der Waals surface area (Å²) in [7, 11) is 0. The highest BCUT2D eigenvalue weighted by Crippen LogP contribution is 2.44. The molecule has 0 radical (unpaired) electrons. The van der Waals surface area contributed by atoms with Crippen LogP contribution in [0.4, 0.5) is 11.4 Å². The molecule has 0 amide bonds. The van der Waals surface area contributed by atoms with Crippen molar-refractivity contribution in [2.24, 2.45) is 5.92 Å². The average molecular weight is 433 g/mol. The Morgan fingerprint density at radius 2 is 0.781 bits per heavy atom. The number of anilines is 2. The summed E-state index contributed by atoms with van der Waals surface area (Å²) in [5.74, 6) is 2.38. The van der Waals surface area contributed by atoms with Gasteiger partial charge in [0, 0.05) is 23.8 Å². The Morgan fingerprint density at radius 1 is 0.500 bits per heavy atom. The SMILES string of the molecule is CC(C)c1cccc(C(C)C)c1N1C=CN(c2c(C(C)C)cccc2C(C)C)C1C(C)C. The maximum atomic E-state index is 2.57. The van der Waals surface area contributed by atoms with Gasteiger partial charge in [-0.25, -0.2) is 0 Å². The minimum atomic E-state index is 0.254. The molecule has 0 bridgehead atoms. The third-order valence-electron chi connectivity index (χ3n) is 6.76. The molecule has 0 N–H and O–H groups in total. The molecule has 1 aliphatic heterocycles. The minimum Gasteiger partial charge on any atom is -0.324 e. The van der Waals surface area contributed by atoms with Gasteiger partial charge in [0.15, 0.2) is 0 Å². The monoisotopic (exact) mass is 432 g/mol. The molecule has 0 saturated carbocycles. The molecule has 2 aromatic rings. The van der Waals surface area contributed by atoms with E-state index in [1.165, 1.54) is 33.6 Å². The maximum absolute atomic E-state index is 2.57. The van der Waals surface area contributed by atoms with Crippen molar-refractivity contribution in [1.82, 2.24) is 0 Å². The molecule has 3 rings (SSSR count). The fourth-order valence-electron chi connectivity index (χ4n) is 5.13. The summed E-state index contributed by atoms with van der Waals surface area (Å²) >= 11 is 0. The average Bonchev–Trinajstić information content (AvgIpc) is 3.17. The molecular weight excluding hydrogens is 388 g/mol. The molecule has 0 spiro atoms. The molecule has 0 fully saturated rings. The van der Waals surface area contributed by atoms with Crippen LogP contribution in [0.3, 0.4) is 0 Å². The van der Waals surface area contributed by atoms with E-state index < -0.39 is 0 Å². The van der Waals surface area contributed by atoms with Gasteiger partial charge in [-0.3, -0.25) is 0 Å². The summed E-state index contributed by atoms with van der Waals surface area (Å²) in [5, 5.41) is 0. The Morgan fingerprint density at radius 3 is 1.00 bits per heavy atom. The van der Waals surface area contributed by atoms with Crippen LogP contribution < -0.4 is 9.80 Å². The normalized spacial score (nSPS) is 15.0. The highest BCUT2D eigenvalue weighted by atomic mass is 15.4. The second-order valence-corrected chi connectivity index (χ2v) is 11.0. The lowest BCUT2D eigenvalue weighted by atomic mass is 9.90. The van der Waals surface area contributed by atoms with Gasteiger partial charge >= 0.3 is 0 Å². The van der Waals surface area contributed by atoms with Crippen molar-refractivity contribution in [2.75, 3.05) is 9.80 Å². The third-order valence-corrected chi connectivity index (χ3v) is 6.76. The Bertz CT molecular complexity index is 823. The number of nitrogens with zero attached hydrogens (tertiary/aromatic N) is 2. The van der Waals surface area contributed by atoms with Crippen LogP contribution in [-0.2, 0) is 0 Å². The fourth-order valence-corrected chi connectivity index (χ4v) is 5.13. The van der Waals surface area contributed by atoms with Crippen LogP contribution >= 0.6 is 0 Å². The lowest BCUT2D eigenvalue weighted by Crippen LogP contribution is -2.44. The first kappa shape index (κ1) is 24.4. The van der Waals surface area contributed by atoms with Gasteiger partial charge in [0.2, 0.25) is 0 Å². The van der Waals surface area contributed by atoms with E-state index in [1.807, 2.05) is 0 Å². The van der Waals surface area contributed by atoms with Gasteiger partial charge in [0.1, 0.15) is 6.17 Å². The summed E-state index contributed by atoms with van der Waals surface area (Å²) in [4.78, 5) is 5.13. The second kappa shape index (κ2) is 9.73. The van der Waals surface area contributed by atoms with Crippen LogP contribution in [0.2, 0.25) is 0 Å². The van der Waals surface area contributed by atoms with E-state index >= 15 is 0 Å². The van der Waals surface area contributed by atoms with E-state index in [9.17, 15) is 0 Å². The molecule has 0 aliphatic carbocycles. The van der Waals surface area contributed by atoms with Crippen molar-refractivity contribution >= 4 is 11.4 Å². The lowest BCUT2D eigenvalue weighted by Gasteiger charge is -2.40.